The lowest BCUT2D eigenvalue weighted by molar-refractivity contribution is -0.111. The number of aromatic carboxylic acids is 1. The molecule has 0 aliphatic heterocycles. The van der Waals surface area contributed by atoms with E-state index in [4.69, 9.17) is 0 Å². The predicted octanol–water partition coefficient (Wildman–Crippen LogP) is 6.60. The molecular formula is C27H34O5. The third kappa shape index (κ3) is 8.14. The maximum atomic E-state index is 13.3. The van der Waals surface area contributed by atoms with Crippen LogP contribution in [0.25, 0.3) is 0 Å². The van der Waals surface area contributed by atoms with E-state index in [-0.39, 0.29) is 16.7 Å². The van der Waals surface area contributed by atoms with E-state index in [0.717, 1.165) is 17.6 Å². The van der Waals surface area contributed by atoms with Crippen LogP contribution in [0.3, 0.4) is 0 Å². The van der Waals surface area contributed by atoms with Crippen molar-refractivity contribution >= 4 is 17.5 Å². The second kappa shape index (κ2) is 12.6. The molecule has 5 nitrogen and oxygen atoms in total. The van der Waals surface area contributed by atoms with E-state index < -0.39 is 23.3 Å². The number of para-hydroxylation sites is 1. The van der Waals surface area contributed by atoms with E-state index in [1.807, 2.05) is 40.7 Å². The average molecular weight is 439 g/mol. The predicted molar refractivity (Wildman–Crippen MR) is 128 cm³/mol. The van der Waals surface area contributed by atoms with Crippen LogP contribution in [0.5, 0.6) is 5.75 Å². The summed E-state index contributed by atoms with van der Waals surface area (Å²) in [5, 5.41) is 19.6. The molecule has 0 aliphatic rings. The van der Waals surface area contributed by atoms with Gasteiger partial charge in [-0.2, -0.15) is 0 Å². The van der Waals surface area contributed by atoms with Crippen molar-refractivity contribution in [2.75, 3.05) is 0 Å². The number of carbonyl (C=O) groups is 3. The molecule has 2 N–H and O–H groups in total. The molecule has 0 amide bonds. The molecule has 0 bridgehead atoms. The van der Waals surface area contributed by atoms with Crippen molar-refractivity contribution in [1.82, 2.24) is 0 Å². The highest BCUT2D eigenvalue weighted by Crippen LogP contribution is 2.28. The molecule has 0 aliphatic carbocycles. The highest BCUT2D eigenvalue weighted by atomic mass is 16.4. The fourth-order valence-corrected chi connectivity index (χ4v) is 3.21. The van der Waals surface area contributed by atoms with Crippen molar-refractivity contribution in [2.24, 2.45) is 0 Å². The quantitative estimate of drug-likeness (QED) is 0.134. The largest absolute Gasteiger partial charge is 0.506 e. The van der Waals surface area contributed by atoms with Crippen LogP contribution < -0.4 is 0 Å². The van der Waals surface area contributed by atoms with Gasteiger partial charge in [0, 0.05) is 0 Å². The van der Waals surface area contributed by atoms with Gasteiger partial charge in [0.2, 0.25) is 5.78 Å². The number of carboxylic acids is 1. The van der Waals surface area contributed by atoms with Crippen LogP contribution in [0, 0.1) is 0 Å². The first-order valence-corrected chi connectivity index (χ1v) is 10.7. The highest BCUT2D eigenvalue weighted by Gasteiger charge is 2.25. The second-order valence-electron chi connectivity index (χ2n) is 8.49. The Morgan fingerprint density at radius 3 is 1.91 bits per heavy atom. The first-order valence-electron chi connectivity index (χ1n) is 10.7. The van der Waals surface area contributed by atoms with Crippen molar-refractivity contribution in [2.45, 2.75) is 67.2 Å². The van der Waals surface area contributed by atoms with Crippen LogP contribution in [-0.4, -0.2) is 27.7 Å². The molecule has 0 saturated carbocycles. The average Bonchev–Trinajstić information content (AvgIpc) is 2.67. The number of hydrogen-bond acceptors (Lipinski definition) is 4. The summed E-state index contributed by atoms with van der Waals surface area (Å²) in [4.78, 5) is 37.8. The van der Waals surface area contributed by atoms with E-state index in [1.54, 1.807) is 6.92 Å². The minimum atomic E-state index is -1.34. The number of Topliss-reactive ketones (excluding diaryl/α,β-unsaturated/α-hetero) is 1. The Hall–Kier alpha value is -3.21. The van der Waals surface area contributed by atoms with Crippen LogP contribution in [0.15, 0.2) is 64.3 Å². The molecule has 32 heavy (non-hydrogen) atoms. The topological polar surface area (TPSA) is 91.7 Å². The number of aromatic hydroxyl groups is 1. The Labute approximate surface area is 190 Å². The van der Waals surface area contributed by atoms with Crippen LogP contribution >= 0.6 is 0 Å². The zero-order valence-electron chi connectivity index (χ0n) is 19.9. The minimum Gasteiger partial charge on any atom is -0.506 e. The fourth-order valence-electron chi connectivity index (χ4n) is 3.21. The van der Waals surface area contributed by atoms with E-state index in [2.05, 4.69) is 6.08 Å². The Morgan fingerprint density at radius 2 is 1.38 bits per heavy atom. The second-order valence-corrected chi connectivity index (χ2v) is 8.49. The van der Waals surface area contributed by atoms with Gasteiger partial charge < -0.3 is 10.2 Å². The van der Waals surface area contributed by atoms with E-state index in [9.17, 15) is 24.6 Å². The van der Waals surface area contributed by atoms with Gasteiger partial charge in [0.15, 0.2) is 5.78 Å². The van der Waals surface area contributed by atoms with Crippen molar-refractivity contribution in [3.63, 3.8) is 0 Å². The maximum absolute atomic E-state index is 13.3. The minimum absolute atomic E-state index is 0.0217. The molecule has 0 spiro atoms. The molecule has 0 aromatic heterocycles. The SMILES string of the molecule is CC(C)=CCC/C(C)=C/C(=O)/C(C(=O)c1cccc(C(=O)O)c1O)=C(/C)CCC=C(C)C. The number of carboxylic acid groups (broad SMARTS) is 1. The number of rotatable bonds is 11. The number of carbonyl (C=O) groups excluding carboxylic acids is 2. The third-order valence-electron chi connectivity index (χ3n) is 4.95. The molecule has 1 rings (SSSR count). The Morgan fingerprint density at radius 1 is 0.844 bits per heavy atom. The first kappa shape index (κ1) is 26.8. The molecule has 172 valence electrons. The lowest BCUT2D eigenvalue weighted by atomic mass is 9.91. The first-order chi connectivity index (χ1) is 15.0. The lowest BCUT2D eigenvalue weighted by Gasteiger charge is -2.12. The van der Waals surface area contributed by atoms with Crippen molar-refractivity contribution in [1.29, 1.82) is 0 Å². The Bertz CT molecular complexity index is 995. The molecule has 0 saturated heterocycles. The number of hydrogen-bond donors (Lipinski definition) is 2. The number of benzene rings is 1. The van der Waals surface area contributed by atoms with E-state index in [0.29, 0.717) is 24.8 Å². The molecule has 1 aromatic rings. The molecule has 1 aromatic carbocycles. The highest BCUT2D eigenvalue weighted by molar-refractivity contribution is 6.30. The van der Waals surface area contributed by atoms with Gasteiger partial charge in [-0.1, -0.05) is 40.5 Å². The molecular weight excluding hydrogens is 404 g/mol. The van der Waals surface area contributed by atoms with Gasteiger partial charge in [-0.3, -0.25) is 9.59 Å². The van der Waals surface area contributed by atoms with Gasteiger partial charge in [-0.05, 0) is 85.4 Å². The molecule has 0 unspecified atom stereocenters. The summed E-state index contributed by atoms with van der Waals surface area (Å²) in [5.74, 6) is -3.07. The number of phenols is 1. The van der Waals surface area contributed by atoms with Gasteiger partial charge in [0.1, 0.15) is 11.3 Å². The summed E-state index contributed by atoms with van der Waals surface area (Å²) in [6, 6.07) is 3.94. The lowest BCUT2D eigenvalue weighted by Crippen LogP contribution is -2.15. The summed E-state index contributed by atoms with van der Waals surface area (Å²) in [5.41, 5.74) is 3.20. The summed E-state index contributed by atoms with van der Waals surface area (Å²) in [6.07, 6.45) is 8.24. The normalized spacial score (nSPS) is 12.0. The summed E-state index contributed by atoms with van der Waals surface area (Å²) in [7, 11) is 0. The van der Waals surface area contributed by atoms with Gasteiger partial charge >= 0.3 is 5.97 Å². The fraction of sp³-hybridized carbons (Fsp3) is 0.370. The van der Waals surface area contributed by atoms with Crippen LogP contribution in [-0.2, 0) is 4.79 Å². The molecule has 0 fully saturated rings. The van der Waals surface area contributed by atoms with Gasteiger partial charge in [-0.15, -0.1) is 0 Å². The van der Waals surface area contributed by atoms with Crippen LogP contribution in [0.2, 0.25) is 0 Å². The standard InChI is InChI=1S/C27H34O5/c1-17(2)10-7-12-19(5)16-23(28)24(20(6)13-8-11-18(3)4)26(30)21-14-9-15-22(25(21)29)27(31)32/h9-11,14-16,29H,7-8,12-13H2,1-6H3,(H,31,32)/b19-16+,24-20+. The van der Waals surface area contributed by atoms with Gasteiger partial charge in [0.05, 0.1) is 11.1 Å². The summed E-state index contributed by atoms with van der Waals surface area (Å²) >= 11 is 0. The molecule has 0 heterocycles. The van der Waals surface area contributed by atoms with Gasteiger partial charge in [-0.25, -0.2) is 4.79 Å². The zero-order valence-corrected chi connectivity index (χ0v) is 19.9. The van der Waals surface area contributed by atoms with Crippen molar-refractivity contribution < 1.29 is 24.6 Å². The van der Waals surface area contributed by atoms with E-state index in [1.165, 1.54) is 29.8 Å². The zero-order chi connectivity index (χ0) is 24.4. The Kier molecular flexibility index (Phi) is 10.6. The number of ketones is 2. The van der Waals surface area contributed by atoms with Crippen molar-refractivity contribution in [3.8, 4) is 5.75 Å². The summed E-state index contributed by atoms with van der Waals surface area (Å²) in [6.45, 7) is 11.6. The maximum Gasteiger partial charge on any atom is 0.339 e. The van der Waals surface area contributed by atoms with Crippen LogP contribution in [0.4, 0.5) is 0 Å². The van der Waals surface area contributed by atoms with Gasteiger partial charge in [0.25, 0.3) is 0 Å². The molecule has 5 heteroatoms. The number of allylic oxidation sites excluding steroid dienone is 8. The molecule has 0 atom stereocenters. The smallest absolute Gasteiger partial charge is 0.339 e. The molecule has 0 radical (unpaired) electrons. The monoisotopic (exact) mass is 438 g/mol. The Balaban J connectivity index is 3.41. The van der Waals surface area contributed by atoms with Crippen LogP contribution in [0.1, 0.15) is 87.9 Å². The summed E-state index contributed by atoms with van der Waals surface area (Å²) < 4.78 is 0. The third-order valence-corrected chi connectivity index (χ3v) is 4.95. The van der Waals surface area contributed by atoms with E-state index >= 15 is 0 Å². The van der Waals surface area contributed by atoms with Crippen molar-refractivity contribution in [3.05, 3.63) is 75.4 Å².